The molecular formula is C14H19BrF3NO. The van der Waals surface area contributed by atoms with Crippen LogP contribution in [-0.2, 0) is 4.74 Å². The van der Waals surface area contributed by atoms with Crippen LogP contribution in [0.1, 0.15) is 29.2 Å². The van der Waals surface area contributed by atoms with Crippen molar-refractivity contribution in [3.05, 3.63) is 33.3 Å². The minimum Gasteiger partial charge on any atom is -0.372 e. The van der Waals surface area contributed by atoms with E-state index in [1.54, 1.807) is 7.05 Å². The number of hydrogen-bond donors (Lipinski definition) is 1. The summed E-state index contributed by atoms with van der Waals surface area (Å²) < 4.78 is 41.7. The summed E-state index contributed by atoms with van der Waals surface area (Å²) in [5.41, 5.74) is 3.28. The van der Waals surface area contributed by atoms with Gasteiger partial charge in [-0.2, -0.15) is 13.2 Å². The molecule has 20 heavy (non-hydrogen) atoms. The van der Waals surface area contributed by atoms with Crippen molar-refractivity contribution < 1.29 is 17.9 Å². The standard InChI is InChI=1S/C14H19BrF3NO/c1-9-7-12(15)10(2)6-11(9)13(19-3)4-5-20-8-14(16,17)18/h6-7,13,19H,4-5,8H2,1-3H3. The molecule has 1 atom stereocenters. The van der Waals surface area contributed by atoms with E-state index in [-0.39, 0.29) is 12.6 Å². The Labute approximate surface area is 125 Å². The van der Waals surface area contributed by atoms with E-state index in [0.717, 1.165) is 21.2 Å². The first-order valence-corrected chi connectivity index (χ1v) is 7.12. The normalized spacial score (nSPS) is 13.6. The molecule has 0 amide bonds. The van der Waals surface area contributed by atoms with Gasteiger partial charge in [-0.05, 0) is 50.1 Å². The summed E-state index contributed by atoms with van der Waals surface area (Å²) in [5.74, 6) is 0. The van der Waals surface area contributed by atoms with Gasteiger partial charge < -0.3 is 10.1 Å². The third-order valence-corrected chi connectivity index (χ3v) is 3.94. The lowest BCUT2D eigenvalue weighted by atomic mass is 9.97. The van der Waals surface area contributed by atoms with Gasteiger partial charge in [0.2, 0.25) is 0 Å². The van der Waals surface area contributed by atoms with Crippen molar-refractivity contribution in [3.8, 4) is 0 Å². The van der Waals surface area contributed by atoms with Crippen molar-refractivity contribution >= 4 is 15.9 Å². The second-order valence-corrected chi connectivity index (χ2v) is 5.61. The van der Waals surface area contributed by atoms with Crippen LogP contribution in [0, 0.1) is 13.8 Å². The van der Waals surface area contributed by atoms with Crippen LogP contribution in [0.25, 0.3) is 0 Å². The van der Waals surface area contributed by atoms with Gasteiger partial charge in [0.15, 0.2) is 0 Å². The number of nitrogens with one attached hydrogen (secondary N) is 1. The Morgan fingerprint density at radius 1 is 1.25 bits per heavy atom. The van der Waals surface area contributed by atoms with Gasteiger partial charge in [0.05, 0.1) is 0 Å². The molecule has 0 heterocycles. The van der Waals surface area contributed by atoms with Crippen LogP contribution in [0.5, 0.6) is 0 Å². The molecule has 0 aliphatic heterocycles. The Hall–Kier alpha value is -0.590. The van der Waals surface area contributed by atoms with E-state index in [1.165, 1.54) is 0 Å². The monoisotopic (exact) mass is 353 g/mol. The molecular weight excluding hydrogens is 335 g/mol. The smallest absolute Gasteiger partial charge is 0.372 e. The Morgan fingerprint density at radius 3 is 2.45 bits per heavy atom. The summed E-state index contributed by atoms with van der Waals surface area (Å²) in [6.45, 7) is 2.85. The van der Waals surface area contributed by atoms with Crippen molar-refractivity contribution in [3.63, 3.8) is 0 Å². The summed E-state index contributed by atoms with van der Waals surface area (Å²) in [5, 5.41) is 3.13. The summed E-state index contributed by atoms with van der Waals surface area (Å²) >= 11 is 3.47. The number of ether oxygens (including phenoxy) is 1. The molecule has 1 unspecified atom stereocenters. The van der Waals surface area contributed by atoms with E-state index in [0.29, 0.717) is 6.42 Å². The Kier molecular flexibility index (Phi) is 6.48. The average molecular weight is 354 g/mol. The zero-order valence-corrected chi connectivity index (χ0v) is 13.4. The fraction of sp³-hybridized carbons (Fsp3) is 0.571. The highest BCUT2D eigenvalue weighted by molar-refractivity contribution is 9.10. The minimum atomic E-state index is -4.26. The van der Waals surface area contributed by atoms with Crippen LogP contribution in [-0.4, -0.2) is 26.4 Å². The molecule has 0 radical (unpaired) electrons. The Morgan fingerprint density at radius 2 is 1.90 bits per heavy atom. The zero-order valence-electron chi connectivity index (χ0n) is 11.8. The molecule has 1 N–H and O–H groups in total. The van der Waals surface area contributed by atoms with Crippen molar-refractivity contribution in [2.75, 3.05) is 20.3 Å². The van der Waals surface area contributed by atoms with Gasteiger partial charge in [0, 0.05) is 17.1 Å². The summed E-state index contributed by atoms with van der Waals surface area (Å²) in [7, 11) is 1.80. The van der Waals surface area contributed by atoms with E-state index in [4.69, 9.17) is 0 Å². The molecule has 1 rings (SSSR count). The number of aryl methyl sites for hydroxylation is 2. The maximum atomic E-state index is 12.0. The lowest BCUT2D eigenvalue weighted by molar-refractivity contribution is -0.174. The number of benzene rings is 1. The molecule has 6 heteroatoms. The quantitative estimate of drug-likeness (QED) is 0.770. The largest absolute Gasteiger partial charge is 0.411 e. The number of alkyl halides is 3. The predicted molar refractivity (Wildman–Crippen MR) is 76.9 cm³/mol. The average Bonchev–Trinajstić information content (AvgIpc) is 2.33. The molecule has 0 aliphatic rings. The van der Waals surface area contributed by atoms with E-state index < -0.39 is 12.8 Å². The Balaban J connectivity index is 2.65. The molecule has 0 aliphatic carbocycles. The fourth-order valence-electron chi connectivity index (χ4n) is 2.02. The van der Waals surface area contributed by atoms with Crippen LogP contribution in [0.4, 0.5) is 13.2 Å². The third-order valence-electron chi connectivity index (χ3n) is 3.09. The molecule has 2 nitrogen and oxygen atoms in total. The molecule has 1 aromatic carbocycles. The van der Waals surface area contributed by atoms with E-state index in [9.17, 15) is 13.2 Å². The van der Waals surface area contributed by atoms with E-state index in [1.807, 2.05) is 26.0 Å². The molecule has 0 fully saturated rings. The molecule has 1 aromatic rings. The van der Waals surface area contributed by atoms with Crippen LogP contribution < -0.4 is 5.32 Å². The van der Waals surface area contributed by atoms with Gasteiger partial charge in [-0.1, -0.05) is 22.0 Å². The molecule has 0 bridgehead atoms. The van der Waals surface area contributed by atoms with Crippen LogP contribution in [0.15, 0.2) is 16.6 Å². The fourth-order valence-corrected chi connectivity index (χ4v) is 2.48. The van der Waals surface area contributed by atoms with Gasteiger partial charge in [-0.25, -0.2) is 0 Å². The zero-order chi connectivity index (χ0) is 15.3. The van der Waals surface area contributed by atoms with Gasteiger partial charge in [-0.15, -0.1) is 0 Å². The maximum absolute atomic E-state index is 12.0. The van der Waals surface area contributed by atoms with E-state index in [2.05, 4.69) is 26.0 Å². The van der Waals surface area contributed by atoms with Gasteiger partial charge in [0.1, 0.15) is 6.61 Å². The van der Waals surface area contributed by atoms with Gasteiger partial charge in [-0.3, -0.25) is 0 Å². The summed E-state index contributed by atoms with van der Waals surface area (Å²) in [4.78, 5) is 0. The first-order chi connectivity index (χ1) is 9.24. The topological polar surface area (TPSA) is 21.3 Å². The third kappa shape index (κ3) is 5.42. The summed E-state index contributed by atoms with van der Waals surface area (Å²) in [6.07, 6.45) is -3.77. The molecule has 0 spiro atoms. The van der Waals surface area contributed by atoms with Crippen molar-refractivity contribution in [2.45, 2.75) is 32.5 Å². The van der Waals surface area contributed by atoms with Gasteiger partial charge in [0.25, 0.3) is 0 Å². The molecule has 0 saturated heterocycles. The SMILES string of the molecule is CNC(CCOCC(F)(F)F)c1cc(C)c(Br)cc1C. The van der Waals surface area contributed by atoms with Crippen LogP contribution >= 0.6 is 15.9 Å². The second kappa shape index (κ2) is 7.43. The highest BCUT2D eigenvalue weighted by Gasteiger charge is 2.27. The molecule has 114 valence electrons. The lowest BCUT2D eigenvalue weighted by Crippen LogP contribution is -2.22. The van der Waals surface area contributed by atoms with E-state index >= 15 is 0 Å². The van der Waals surface area contributed by atoms with Crippen LogP contribution in [0.2, 0.25) is 0 Å². The highest BCUT2D eigenvalue weighted by Crippen LogP contribution is 2.27. The highest BCUT2D eigenvalue weighted by atomic mass is 79.9. The predicted octanol–water partition coefficient (Wildman–Crippen LogP) is 4.30. The number of hydrogen-bond acceptors (Lipinski definition) is 2. The van der Waals surface area contributed by atoms with Gasteiger partial charge >= 0.3 is 6.18 Å². The minimum absolute atomic E-state index is 0.0185. The number of halogens is 4. The van der Waals surface area contributed by atoms with Crippen molar-refractivity contribution in [1.29, 1.82) is 0 Å². The van der Waals surface area contributed by atoms with Crippen molar-refractivity contribution in [1.82, 2.24) is 5.32 Å². The first-order valence-electron chi connectivity index (χ1n) is 6.33. The van der Waals surface area contributed by atoms with Crippen molar-refractivity contribution in [2.24, 2.45) is 0 Å². The second-order valence-electron chi connectivity index (χ2n) is 4.76. The first kappa shape index (κ1) is 17.5. The molecule has 0 aromatic heterocycles. The Bertz CT molecular complexity index is 449. The van der Waals surface area contributed by atoms with Crippen LogP contribution in [0.3, 0.4) is 0 Å². The number of rotatable bonds is 6. The lowest BCUT2D eigenvalue weighted by Gasteiger charge is -2.20. The molecule has 0 saturated carbocycles. The maximum Gasteiger partial charge on any atom is 0.411 e. The summed E-state index contributed by atoms with van der Waals surface area (Å²) in [6, 6.07) is 4.05.